The fourth-order valence-corrected chi connectivity index (χ4v) is 2.49. The molecule has 5 heteroatoms. The van der Waals surface area contributed by atoms with Crippen LogP contribution in [0.25, 0.3) is 0 Å². The standard InChI is InChI=1S/C20H26N2O3/c1-3-17(11-12-23)21-20(24)22-19-10-9-18(13-15(19)2)25-14-16-7-5-4-6-8-16/h4-10,13,17,23H,3,11-12,14H2,1-2H3,(H2,21,22,24). The summed E-state index contributed by atoms with van der Waals surface area (Å²) in [5.41, 5.74) is 2.77. The summed E-state index contributed by atoms with van der Waals surface area (Å²) in [7, 11) is 0. The van der Waals surface area contributed by atoms with Crippen molar-refractivity contribution >= 4 is 11.7 Å². The molecule has 1 atom stereocenters. The lowest BCUT2D eigenvalue weighted by atomic mass is 10.1. The largest absolute Gasteiger partial charge is 0.489 e. The van der Waals surface area contributed by atoms with Crippen LogP contribution < -0.4 is 15.4 Å². The van der Waals surface area contributed by atoms with Crippen molar-refractivity contribution in [2.45, 2.75) is 39.3 Å². The number of anilines is 1. The number of nitrogens with one attached hydrogen (secondary N) is 2. The highest BCUT2D eigenvalue weighted by molar-refractivity contribution is 5.90. The van der Waals surface area contributed by atoms with Crippen LogP contribution in [0.5, 0.6) is 5.75 Å². The Kier molecular flexibility index (Phi) is 7.29. The topological polar surface area (TPSA) is 70.6 Å². The van der Waals surface area contributed by atoms with Gasteiger partial charge in [-0.05, 0) is 49.1 Å². The summed E-state index contributed by atoms with van der Waals surface area (Å²) in [6.07, 6.45) is 1.33. The fraction of sp³-hybridized carbons (Fsp3) is 0.350. The number of aliphatic hydroxyl groups excluding tert-OH is 1. The molecule has 134 valence electrons. The van der Waals surface area contributed by atoms with E-state index in [1.807, 2.05) is 62.4 Å². The van der Waals surface area contributed by atoms with Gasteiger partial charge in [-0.3, -0.25) is 0 Å². The van der Waals surface area contributed by atoms with Crippen molar-refractivity contribution in [3.8, 4) is 5.75 Å². The molecule has 2 aromatic rings. The van der Waals surface area contributed by atoms with Crippen LogP contribution >= 0.6 is 0 Å². The minimum Gasteiger partial charge on any atom is -0.489 e. The number of amides is 2. The molecule has 3 N–H and O–H groups in total. The fourth-order valence-electron chi connectivity index (χ4n) is 2.49. The second kappa shape index (κ2) is 9.69. The van der Waals surface area contributed by atoms with E-state index in [-0.39, 0.29) is 18.7 Å². The first kappa shape index (κ1) is 18.8. The van der Waals surface area contributed by atoms with Crippen molar-refractivity contribution < 1.29 is 14.6 Å². The summed E-state index contributed by atoms with van der Waals surface area (Å²) >= 11 is 0. The van der Waals surface area contributed by atoms with Gasteiger partial charge >= 0.3 is 6.03 Å². The van der Waals surface area contributed by atoms with Crippen LogP contribution in [-0.2, 0) is 6.61 Å². The molecular weight excluding hydrogens is 316 g/mol. The van der Waals surface area contributed by atoms with Crippen LogP contribution in [0.15, 0.2) is 48.5 Å². The van der Waals surface area contributed by atoms with Gasteiger partial charge in [-0.1, -0.05) is 37.3 Å². The van der Waals surface area contributed by atoms with Gasteiger partial charge < -0.3 is 20.5 Å². The molecule has 0 spiro atoms. The molecule has 0 aliphatic carbocycles. The zero-order valence-corrected chi connectivity index (χ0v) is 14.8. The Morgan fingerprint density at radius 1 is 1.20 bits per heavy atom. The molecule has 2 aromatic carbocycles. The monoisotopic (exact) mass is 342 g/mol. The van der Waals surface area contributed by atoms with Crippen LogP contribution in [-0.4, -0.2) is 23.8 Å². The Labute approximate surface area is 149 Å². The van der Waals surface area contributed by atoms with Gasteiger partial charge in [-0.15, -0.1) is 0 Å². The van der Waals surface area contributed by atoms with Crippen molar-refractivity contribution in [1.82, 2.24) is 5.32 Å². The van der Waals surface area contributed by atoms with Gasteiger partial charge in [0.05, 0.1) is 0 Å². The van der Waals surface area contributed by atoms with Crippen LogP contribution in [0.3, 0.4) is 0 Å². The third kappa shape index (κ3) is 6.12. The van der Waals surface area contributed by atoms with Gasteiger partial charge in [-0.25, -0.2) is 4.79 Å². The quantitative estimate of drug-likeness (QED) is 0.682. The molecular formula is C20H26N2O3. The molecule has 0 saturated heterocycles. The van der Waals surface area contributed by atoms with Crippen molar-refractivity contribution in [1.29, 1.82) is 0 Å². The second-order valence-corrected chi connectivity index (χ2v) is 5.97. The lowest BCUT2D eigenvalue weighted by Crippen LogP contribution is -2.38. The molecule has 2 amide bonds. The first-order valence-electron chi connectivity index (χ1n) is 8.58. The van der Waals surface area contributed by atoms with E-state index in [0.29, 0.717) is 13.0 Å². The molecule has 0 saturated carbocycles. The maximum atomic E-state index is 12.1. The highest BCUT2D eigenvalue weighted by Gasteiger charge is 2.11. The Morgan fingerprint density at radius 2 is 1.96 bits per heavy atom. The van der Waals surface area contributed by atoms with E-state index in [0.717, 1.165) is 29.0 Å². The van der Waals surface area contributed by atoms with E-state index in [4.69, 9.17) is 9.84 Å². The Bertz CT molecular complexity index is 674. The first-order chi connectivity index (χ1) is 12.1. The van der Waals surface area contributed by atoms with Gasteiger partial charge in [0.2, 0.25) is 0 Å². The molecule has 25 heavy (non-hydrogen) atoms. The number of benzene rings is 2. The molecule has 5 nitrogen and oxygen atoms in total. The predicted octanol–water partition coefficient (Wildman–Crippen LogP) is 3.86. The average Bonchev–Trinajstić information content (AvgIpc) is 2.62. The van der Waals surface area contributed by atoms with E-state index in [1.165, 1.54) is 0 Å². The molecule has 1 unspecified atom stereocenters. The van der Waals surface area contributed by atoms with Crippen molar-refractivity contribution in [3.63, 3.8) is 0 Å². The summed E-state index contributed by atoms with van der Waals surface area (Å²) in [5.74, 6) is 0.763. The summed E-state index contributed by atoms with van der Waals surface area (Å²) in [6.45, 7) is 4.47. The van der Waals surface area contributed by atoms with Crippen molar-refractivity contribution in [3.05, 3.63) is 59.7 Å². The summed E-state index contributed by atoms with van der Waals surface area (Å²) in [6, 6.07) is 15.3. The van der Waals surface area contributed by atoms with E-state index in [1.54, 1.807) is 0 Å². The number of urea groups is 1. The smallest absolute Gasteiger partial charge is 0.319 e. The molecule has 0 bridgehead atoms. The van der Waals surface area contributed by atoms with Crippen LogP contribution in [0.2, 0.25) is 0 Å². The number of carbonyl (C=O) groups excluding carboxylic acids is 1. The number of rotatable bonds is 8. The first-order valence-corrected chi connectivity index (χ1v) is 8.58. The minimum atomic E-state index is -0.263. The van der Waals surface area contributed by atoms with E-state index in [9.17, 15) is 4.79 Å². The third-order valence-electron chi connectivity index (χ3n) is 4.00. The SMILES string of the molecule is CCC(CCO)NC(=O)Nc1ccc(OCc2ccccc2)cc1C. The van der Waals surface area contributed by atoms with E-state index < -0.39 is 0 Å². The molecule has 2 rings (SSSR count). The summed E-state index contributed by atoms with van der Waals surface area (Å²) in [4.78, 5) is 12.1. The number of carbonyl (C=O) groups is 1. The van der Waals surface area contributed by atoms with Crippen LogP contribution in [0, 0.1) is 6.92 Å². The predicted molar refractivity (Wildman–Crippen MR) is 99.9 cm³/mol. The number of ether oxygens (including phenoxy) is 1. The van der Waals surface area contributed by atoms with Crippen molar-refractivity contribution in [2.24, 2.45) is 0 Å². The normalized spacial score (nSPS) is 11.6. The van der Waals surface area contributed by atoms with Gasteiger partial charge in [0.25, 0.3) is 0 Å². The molecule has 0 fully saturated rings. The van der Waals surface area contributed by atoms with Crippen molar-refractivity contribution in [2.75, 3.05) is 11.9 Å². The summed E-state index contributed by atoms with van der Waals surface area (Å²) < 4.78 is 5.79. The van der Waals surface area contributed by atoms with Gasteiger partial charge in [0, 0.05) is 18.3 Å². The molecule has 0 radical (unpaired) electrons. The minimum absolute atomic E-state index is 0.0289. The molecule has 0 aliphatic heterocycles. The maximum Gasteiger partial charge on any atom is 0.319 e. The Hall–Kier alpha value is -2.53. The summed E-state index contributed by atoms with van der Waals surface area (Å²) in [5, 5.41) is 14.7. The van der Waals surface area contributed by atoms with E-state index >= 15 is 0 Å². The van der Waals surface area contributed by atoms with Gasteiger partial charge in [0.15, 0.2) is 0 Å². The molecule has 0 aliphatic rings. The second-order valence-electron chi connectivity index (χ2n) is 5.97. The number of hydrogen-bond donors (Lipinski definition) is 3. The highest BCUT2D eigenvalue weighted by Crippen LogP contribution is 2.22. The lowest BCUT2D eigenvalue weighted by molar-refractivity contribution is 0.237. The molecule has 0 aromatic heterocycles. The maximum absolute atomic E-state index is 12.1. The van der Waals surface area contributed by atoms with Gasteiger partial charge in [-0.2, -0.15) is 0 Å². The Morgan fingerprint density at radius 3 is 2.60 bits per heavy atom. The number of aryl methyl sites for hydroxylation is 1. The van der Waals surface area contributed by atoms with E-state index in [2.05, 4.69) is 10.6 Å². The highest BCUT2D eigenvalue weighted by atomic mass is 16.5. The zero-order valence-electron chi connectivity index (χ0n) is 14.8. The average molecular weight is 342 g/mol. The molecule has 0 heterocycles. The zero-order chi connectivity index (χ0) is 18.1. The van der Waals surface area contributed by atoms with Crippen LogP contribution in [0.4, 0.5) is 10.5 Å². The van der Waals surface area contributed by atoms with Crippen LogP contribution in [0.1, 0.15) is 30.9 Å². The lowest BCUT2D eigenvalue weighted by Gasteiger charge is -2.17. The Balaban J connectivity index is 1.91. The third-order valence-corrected chi connectivity index (χ3v) is 4.00. The number of hydrogen-bond acceptors (Lipinski definition) is 3. The van der Waals surface area contributed by atoms with Gasteiger partial charge in [0.1, 0.15) is 12.4 Å². The number of aliphatic hydroxyl groups is 1.